The monoisotopic (exact) mass is 713 g/mol. The van der Waals surface area contributed by atoms with Crippen LogP contribution < -0.4 is 10.9 Å². The lowest BCUT2D eigenvalue weighted by Gasteiger charge is -2.27. The summed E-state index contributed by atoms with van der Waals surface area (Å²) in [5.41, 5.74) is 3.77. The first-order valence-corrected chi connectivity index (χ1v) is 17.7. The quantitative estimate of drug-likeness (QED) is 0.197. The van der Waals surface area contributed by atoms with Crippen molar-refractivity contribution in [2.24, 2.45) is 5.92 Å². The third-order valence-electron chi connectivity index (χ3n) is 9.92. The van der Waals surface area contributed by atoms with Gasteiger partial charge in [0.2, 0.25) is 5.91 Å². The molecule has 0 bridgehead atoms. The number of hydrogen-bond donors (Lipinski definition) is 2. The molecule has 276 valence electrons. The van der Waals surface area contributed by atoms with E-state index in [0.717, 1.165) is 69.8 Å². The van der Waals surface area contributed by atoms with Gasteiger partial charge in [0.05, 0.1) is 24.6 Å². The lowest BCUT2D eigenvalue weighted by atomic mass is 9.87. The number of hydrogen-bond acceptors (Lipinski definition) is 5. The Bertz CT molecular complexity index is 1790. The molecule has 2 N–H and O–H groups in total. The molecule has 1 aliphatic heterocycles. The number of aliphatic carboxylic acids is 1. The van der Waals surface area contributed by atoms with Crippen LogP contribution in [-0.4, -0.2) is 59.3 Å². The predicted octanol–water partition coefficient (Wildman–Crippen LogP) is 6.96. The summed E-state index contributed by atoms with van der Waals surface area (Å²) in [5, 5.41) is 12.8. The highest BCUT2D eigenvalue weighted by molar-refractivity contribution is 5.82. The molecular formula is C39H47F4N3O5. The maximum atomic E-state index is 14.3. The molecule has 1 amide bonds. The van der Waals surface area contributed by atoms with E-state index in [-0.39, 0.29) is 30.1 Å². The van der Waals surface area contributed by atoms with Gasteiger partial charge in [0.1, 0.15) is 11.9 Å². The fraction of sp³-hybridized carbons (Fsp3) is 0.513. The SMILES string of the molecule is Cc1cc(F)cc(C)c1-c1cc(C(CC(=O)O)NC(=O)C(CC(C)C)n2cc(CCN3CCCOCC3)c(C(F)(F)F)cc2=O)cc2c1CCC2. The maximum Gasteiger partial charge on any atom is 0.416 e. The largest absolute Gasteiger partial charge is 0.481 e. The molecule has 2 unspecified atom stereocenters. The highest BCUT2D eigenvalue weighted by Gasteiger charge is 2.36. The summed E-state index contributed by atoms with van der Waals surface area (Å²) in [7, 11) is 0. The molecule has 12 heteroatoms. The number of rotatable bonds is 12. The number of aryl methyl sites for hydroxylation is 3. The van der Waals surface area contributed by atoms with Gasteiger partial charge in [0.15, 0.2) is 0 Å². The van der Waals surface area contributed by atoms with E-state index in [2.05, 4.69) is 5.32 Å². The van der Waals surface area contributed by atoms with Crippen LogP contribution in [0.5, 0.6) is 0 Å². The van der Waals surface area contributed by atoms with Crippen molar-refractivity contribution < 1.29 is 37.0 Å². The summed E-state index contributed by atoms with van der Waals surface area (Å²) in [5.74, 6) is -2.31. The Balaban J connectivity index is 1.53. The number of ether oxygens (including phenoxy) is 1. The number of benzene rings is 2. The molecule has 2 aliphatic rings. The van der Waals surface area contributed by atoms with E-state index in [4.69, 9.17) is 4.74 Å². The molecule has 1 aliphatic carbocycles. The molecular weight excluding hydrogens is 666 g/mol. The number of halogens is 4. The predicted molar refractivity (Wildman–Crippen MR) is 186 cm³/mol. The minimum atomic E-state index is -4.77. The first-order chi connectivity index (χ1) is 24.1. The van der Waals surface area contributed by atoms with Crippen molar-refractivity contribution in [3.63, 3.8) is 0 Å². The molecule has 1 saturated heterocycles. The second-order valence-electron chi connectivity index (χ2n) is 14.3. The summed E-state index contributed by atoms with van der Waals surface area (Å²) >= 11 is 0. The van der Waals surface area contributed by atoms with Crippen LogP contribution in [0.1, 0.15) is 90.6 Å². The average Bonchev–Trinajstić information content (AvgIpc) is 3.36. The summed E-state index contributed by atoms with van der Waals surface area (Å²) in [6.07, 6.45) is -0.735. The van der Waals surface area contributed by atoms with Crippen LogP contribution >= 0.6 is 0 Å². The van der Waals surface area contributed by atoms with Crippen LogP contribution in [0.4, 0.5) is 17.6 Å². The summed E-state index contributed by atoms with van der Waals surface area (Å²) in [6, 6.07) is 5.04. The Labute approximate surface area is 295 Å². The van der Waals surface area contributed by atoms with Crippen LogP contribution in [0.2, 0.25) is 0 Å². The van der Waals surface area contributed by atoms with E-state index in [1.54, 1.807) is 0 Å². The molecule has 3 aromatic rings. The fourth-order valence-corrected chi connectivity index (χ4v) is 7.58. The summed E-state index contributed by atoms with van der Waals surface area (Å²) in [6.45, 7) is 9.97. The number of carbonyl (C=O) groups is 2. The van der Waals surface area contributed by atoms with E-state index < -0.39 is 47.7 Å². The first-order valence-electron chi connectivity index (χ1n) is 17.7. The second kappa shape index (κ2) is 16.1. The van der Waals surface area contributed by atoms with Gasteiger partial charge >= 0.3 is 12.1 Å². The maximum absolute atomic E-state index is 14.3. The van der Waals surface area contributed by atoms with Gasteiger partial charge in [-0.2, -0.15) is 13.2 Å². The average molecular weight is 714 g/mol. The van der Waals surface area contributed by atoms with Gasteiger partial charge in [-0.15, -0.1) is 0 Å². The smallest absolute Gasteiger partial charge is 0.416 e. The van der Waals surface area contributed by atoms with Gasteiger partial charge in [-0.1, -0.05) is 19.9 Å². The Morgan fingerprint density at radius 1 is 1.00 bits per heavy atom. The van der Waals surface area contributed by atoms with E-state index in [1.165, 1.54) is 12.1 Å². The van der Waals surface area contributed by atoms with E-state index >= 15 is 0 Å². The standard InChI is InChI=1S/C39H47F4N3O5/c1-23(2)15-34(46-22-27(32(20-35(46)47)39(41,42)43)9-11-45-10-6-13-51-14-12-45)38(50)44-33(21-36(48)49)28-18-26-7-5-8-30(26)31(19-28)37-24(3)16-29(40)17-25(37)4/h16-20,22-23,33-34H,5-15,21H2,1-4H3,(H,44,50)(H,48,49). The highest BCUT2D eigenvalue weighted by atomic mass is 19.4. The van der Waals surface area contributed by atoms with Crippen molar-refractivity contribution in [2.75, 3.05) is 32.8 Å². The van der Waals surface area contributed by atoms with Crippen molar-refractivity contribution in [2.45, 2.75) is 90.9 Å². The molecule has 1 fully saturated rings. The summed E-state index contributed by atoms with van der Waals surface area (Å²) < 4.78 is 63.5. The lowest BCUT2D eigenvalue weighted by Crippen LogP contribution is -2.40. The third-order valence-corrected chi connectivity index (χ3v) is 9.92. The van der Waals surface area contributed by atoms with E-state index in [1.807, 2.05) is 44.7 Å². The normalized spacial score (nSPS) is 16.5. The van der Waals surface area contributed by atoms with Gasteiger partial charge in [0, 0.05) is 38.5 Å². The van der Waals surface area contributed by atoms with Gasteiger partial charge < -0.3 is 24.6 Å². The molecule has 2 heterocycles. The second-order valence-corrected chi connectivity index (χ2v) is 14.3. The van der Waals surface area contributed by atoms with Crippen molar-refractivity contribution in [1.29, 1.82) is 0 Å². The Morgan fingerprint density at radius 2 is 1.73 bits per heavy atom. The Kier molecular flexibility index (Phi) is 12.1. The molecule has 5 rings (SSSR count). The van der Waals surface area contributed by atoms with Crippen LogP contribution in [-0.2, 0) is 39.8 Å². The molecule has 2 aromatic carbocycles. The van der Waals surface area contributed by atoms with Gasteiger partial charge in [-0.3, -0.25) is 14.4 Å². The molecule has 8 nitrogen and oxygen atoms in total. The number of carboxylic acids is 1. The van der Waals surface area contributed by atoms with Crippen LogP contribution in [0, 0.1) is 25.6 Å². The van der Waals surface area contributed by atoms with Crippen LogP contribution in [0.15, 0.2) is 41.3 Å². The molecule has 51 heavy (non-hydrogen) atoms. The number of carboxylic acid groups (broad SMARTS) is 1. The fourth-order valence-electron chi connectivity index (χ4n) is 7.58. The molecule has 2 atom stereocenters. The van der Waals surface area contributed by atoms with Crippen molar-refractivity contribution in [3.05, 3.63) is 91.6 Å². The zero-order valence-electron chi connectivity index (χ0n) is 29.7. The topological polar surface area (TPSA) is 101 Å². The lowest BCUT2D eigenvalue weighted by molar-refractivity contribution is -0.139. The highest BCUT2D eigenvalue weighted by Crippen LogP contribution is 2.39. The van der Waals surface area contributed by atoms with Gasteiger partial charge in [-0.05, 0) is 121 Å². The van der Waals surface area contributed by atoms with Crippen molar-refractivity contribution in [1.82, 2.24) is 14.8 Å². The number of carbonyl (C=O) groups excluding carboxylic acids is 1. The van der Waals surface area contributed by atoms with Crippen molar-refractivity contribution in [3.8, 4) is 11.1 Å². The summed E-state index contributed by atoms with van der Waals surface area (Å²) in [4.78, 5) is 41.9. The zero-order valence-corrected chi connectivity index (χ0v) is 29.7. The molecule has 0 radical (unpaired) electrons. The van der Waals surface area contributed by atoms with E-state index in [0.29, 0.717) is 44.5 Å². The van der Waals surface area contributed by atoms with Gasteiger partial charge in [0.25, 0.3) is 5.56 Å². The first kappa shape index (κ1) is 38.2. The number of aromatic nitrogens is 1. The number of amides is 1. The van der Waals surface area contributed by atoms with Crippen LogP contribution in [0.3, 0.4) is 0 Å². The van der Waals surface area contributed by atoms with Crippen molar-refractivity contribution >= 4 is 11.9 Å². The Hall–Kier alpha value is -4.03. The number of pyridine rings is 1. The number of fused-ring (bicyclic) bond motifs is 1. The van der Waals surface area contributed by atoms with E-state index in [9.17, 15) is 37.1 Å². The zero-order chi connectivity index (χ0) is 37.0. The minimum Gasteiger partial charge on any atom is -0.481 e. The number of nitrogens with zero attached hydrogens (tertiary/aromatic N) is 2. The minimum absolute atomic E-state index is 0.00685. The number of nitrogens with one attached hydrogen (secondary N) is 1. The molecule has 0 spiro atoms. The molecule has 1 aromatic heterocycles. The Morgan fingerprint density at radius 3 is 2.39 bits per heavy atom. The van der Waals surface area contributed by atoms with Gasteiger partial charge in [-0.25, -0.2) is 4.39 Å². The molecule has 0 saturated carbocycles. The van der Waals surface area contributed by atoms with Crippen LogP contribution in [0.25, 0.3) is 11.1 Å². The number of alkyl halides is 3. The third kappa shape index (κ3) is 9.26.